The van der Waals surface area contributed by atoms with Crippen LogP contribution in [0.1, 0.15) is 38.9 Å². The van der Waals surface area contributed by atoms with Crippen molar-refractivity contribution >= 4 is 16.9 Å². The molecule has 4 rings (SSSR count). The van der Waals surface area contributed by atoms with Crippen LogP contribution in [0.15, 0.2) is 33.5 Å². The van der Waals surface area contributed by atoms with Crippen molar-refractivity contribution in [3.8, 4) is 17.2 Å². The van der Waals surface area contributed by atoms with Crippen LogP contribution in [0.4, 0.5) is 0 Å². The molecule has 2 heterocycles. The van der Waals surface area contributed by atoms with E-state index >= 15 is 0 Å². The molecule has 1 N–H and O–H groups in total. The van der Waals surface area contributed by atoms with E-state index < -0.39 is 11.9 Å². The molecule has 1 aliphatic heterocycles. The Morgan fingerprint density at radius 2 is 1.59 bits per heavy atom. The second-order valence-corrected chi connectivity index (χ2v) is 7.00. The Bertz CT molecular complexity index is 1190. The van der Waals surface area contributed by atoms with Crippen molar-refractivity contribution in [2.75, 3.05) is 21.3 Å². The number of amides is 1. The van der Waals surface area contributed by atoms with Crippen molar-refractivity contribution in [3.05, 3.63) is 62.5 Å². The number of hydrogen-bond acceptors (Lipinski definition) is 6. The van der Waals surface area contributed by atoms with Gasteiger partial charge in [-0.15, -0.1) is 0 Å². The quantitative estimate of drug-likeness (QED) is 0.730. The Kier molecular flexibility index (Phi) is 4.45. The standard InChI is InChI=1S/C22H21NO6/c1-10-6-11(2)19-13(7-10)18(24)16-17(23-22(25)21(16)29-19)12-8-14(26-3)20(28-5)15(9-12)27-4/h6-9,17H,1-5H3,(H,23,25). The summed E-state index contributed by atoms with van der Waals surface area (Å²) in [6, 6.07) is 6.44. The van der Waals surface area contributed by atoms with Gasteiger partial charge in [-0.1, -0.05) is 6.07 Å². The largest absolute Gasteiger partial charge is 0.493 e. The van der Waals surface area contributed by atoms with Crippen LogP contribution in [-0.4, -0.2) is 27.2 Å². The molecule has 1 aromatic heterocycles. The normalized spacial score (nSPS) is 15.2. The third-order valence-corrected chi connectivity index (χ3v) is 5.15. The highest BCUT2D eigenvalue weighted by molar-refractivity contribution is 5.99. The molecule has 1 unspecified atom stereocenters. The number of methoxy groups -OCH3 is 3. The third-order valence-electron chi connectivity index (χ3n) is 5.15. The number of ether oxygens (including phenoxy) is 3. The van der Waals surface area contributed by atoms with Crippen molar-refractivity contribution in [1.82, 2.24) is 5.32 Å². The Morgan fingerprint density at radius 3 is 2.17 bits per heavy atom. The lowest BCUT2D eigenvalue weighted by Crippen LogP contribution is -2.22. The first-order valence-corrected chi connectivity index (χ1v) is 9.08. The van der Waals surface area contributed by atoms with Gasteiger partial charge in [-0.25, -0.2) is 0 Å². The summed E-state index contributed by atoms with van der Waals surface area (Å²) >= 11 is 0. The minimum atomic E-state index is -0.687. The number of fused-ring (bicyclic) bond motifs is 2. The molecule has 2 aromatic carbocycles. The van der Waals surface area contributed by atoms with E-state index in [0.29, 0.717) is 33.8 Å². The number of benzene rings is 2. The van der Waals surface area contributed by atoms with Crippen LogP contribution >= 0.6 is 0 Å². The van der Waals surface area contributed by atoms with E-state index in [1.165, 1.54) is 21.3 Å². The van der Waals surface area contributed by atoms with E-state index in [2.05, 4.69) is 5.32 Å². The molecule has 1 atom stereocenters. The summed E-state index contributed by atoms with van der Waals surface area (Å²) in [5, 5.41) is 3.29. The van der Waals surface area contributed by atoms with Gasteiger partial charge in [0.2, 0.25) is 11.5 Å². The van der Waals surface area contributed by atoms with E-state index in [1.54, 1.807) is 18.2 Å². The Labute approximate surface area is 167 Å². The average Bonchev–Trinajstić information content (AvgIpc) is 3.04. The van der Waals surface area contributed by atoms with Crippen molar-refractivity contribution < 1.29 is 23.4 Å². The predicted octanol–water partition coefficient (Wildman–Crippen LogP) is 3.27. The Morgan fingerprint density at radius 1 is 0.931 bits per heavy atom. The fourth-order valence-corrected chi connectivity index (χ4v) is 3.88. The number of hydrogen-bond donors (Lipinski definition) is 1. The van der Waals surface area contributed by atoms with E-state index in [1.807, 2.05) is 19.9 Å². The molecule has 0 aliphatic carbocycles. The van der Waals surface area contributed by atoms with Crippen LogP contribution in [-0.2, 0) is 0 Å². The topological polar surface area (TPSA) is 87.0 Å². The Hall–Kier alpha value is -3.48. The lowest BCUT2D eigenvalue weighted by Gasteiger charge is -2.17. The fourth-order valence-electron chi connectivity index (χ4n) is 3.88. The zero-order valence-electron chi connectivity index (χ0n) is 16.8. The van der Waals surface area contributed by atoms with Gasteiger partial charge < -0.3 is 23.9 Å². The van der Waals surface area contributed by atoms with Crippen LogP contribution in [0.25, 0.3) is 11.0 Å². The monoisotopic (exact) mass is 395 g/mol. The van der Waals surface area contributed by atoms with Crippen LogP contribution in [0.5, 0.6) is 17.2 Å². The molecule has 1 aliphatic rings. The number of aryl methyl sites for hydroxylation is 2. The summed E-state index contributed by atoms with van der Waals surface area (Å²) in [7, 11) is 4.53. The van der Waals surface area contributed by atoms with Gasteiger partial charge in [0, 0.05) is 0 Å². The second kappa shape index (κ2) is 6.84. The zero-order chi connectivity index (χ0) is 20.9. The summed E-state index contributed by atoms with van der Waals surface area (Å²) in [5.74, 6) is 0.897. The molecule has 0 bridgehead atoms. The summed E-state index contributed by atoms with van der Waals surface area (Å²) in [4.78, 5) is 26.0. The molecule has 7 heteroatoms. The van der Waals surface area contributed by atoms with Gasteiger partial charge in [-0.2, -0.15) is 0 Å². The summed E-state index contributed by atoms with van der Waals surface area (Å²) in [6.45, 7) is 3.77. The Balaban J connectivity index is 1.98. The third kappa shape index (κ3) is 2.81. The van der Waals surface area contributed by atoms with E-state index in [-0.39, 0.29) is 16.8 Å². The van der Waals surface area contributed by atoms with Gasteiger partial charge in [0.1, 0.15) is 5.58 Å². The predicted molar refractivity (Wildman–Crippen MR) is 107 cm³/mol. The molecule has 150 valence electrons. The van der Waals surface area contributed by atoms with Crippen molar-refractivity contribution in [1.29, 1.82) is 0 Å². The van der Waals surface area contributed by atoms with E-state index in [4.69, 9.17) is 18.6 Å². The zero-order valence-corrected chi connectivity index (χ0v) is 16.8. The lowest BCUT2D eigenvalue weighted by atomic mass is 9.97. The van der Waals surface area contributed by atoms with Gasteiger partial charge in [-0.05, 0) is 48.7 Å². The molecule has 0 fully saturated rings. The minimum Gasteiger partial charge on any atom is -0.493 e. The van der Waals surface area contributed by atoms with Crippen LogP contribution in [0, 0.1) is 13.8 Å². The van der Waals surface area contributed by atoms with Gasteiger partial charge in [0.15, 0.2) is 16.9 Å². The fraction of sp³-hybridized carbons (Fsp3) is 0.273. The molecule has 0 saturated heterocycles. The van der Waals surface area contributed by atoms with Gasteiger partial charge in [0.05, 0.1) is 38.3 Å². The lowest BCUT2D eigenvalue weighted by molar-refractivity contribution is 0.0937. The highest BCUT2D eigenvalue weighted by atomic mass is 16.5. The van der Waals surface area contributed by atoms with E-state index in [9.17, 15) is 9.59 Å². The smallest absolute Gasteiger partial charge is 0.288 e. The molecule has 3 aromatic rings. The molecular formula is C22H21NO6. The van der Waals surface area contributed by atoms with Crippen molar-refractivity contribution in [3.63, 3.8) is 0 Å². The first-order valence-electron chi connectivity index (χ1n) is 9.08. The molecular weight excluding hydrogens is 374 g/mol. The number of rotatable bonds is 4. The van der Waals surface area contributed by atoms with Crippen molar-refractivity contribution in [2.24, 2.45) is 0 Å². The van der Waals surface area contributed by atoms with Crippen LogP contribution in [0.2, 0.25) is 0 Å². The molecule has 0 radical (unpaired) electrons. The van der Waals surface area contributed by atoms with Gasteiger partial charge in [0.25, 0.3) is 5.91 Å². The maximum atomic E-state index is 13.3. The summed E-state index contributed by atoms with van der Waals surface area (Å²) in [5.41, 5.74) is 2.86. The number of carbonyl (C=O) groups excluding carboxylic acids is 1. The highest BCUT2D eigenvalue weighted by Crippen LogP contribution is 2.42. The highest BCUT2D eigenvalue weighted by Gasteiger charge is 2.37. The molecule has 1 amide bonds. The first-order chi connectivity index (χ1) is 13.9. The molecule has 0 saturated carbocycles. The van der Waals surface area contributed by atoms with Crippen LogP contribution in [0.3, 0.4) is 0 Å². The van der Waals surface area contributed by atoms with E-state index in [0.717, 1.165) is 11.1 Å². The molecule has 0 spiro atoms. The first kappa shape index (κ1) is 18.9. The van der Waals surface area contributed by atoms with Crippen molar-refractivity contribution in [2.45, 2.75) is 19.9 Å². The van der Waals surface area contributed by atoms with Gasteiger partial charge >= 0.3 is 0 Å². The second-order valence-electron chi connectivity index (χ2n) is 7.00. The maximum absolute atomic E-state index is 13.3. The summed E-state index contributed by atoms with van der Waals surface area (Å²) in [6.07, 6.45) is 0. The number of nitrogens with one attached hydrogen (secondary N) is 1. The SMILES string of the molecule is COc1cc(C2NC(=O)c3oc4c(C)cc(C)cc4c(=O)c32)cc(OC)c1OC. The van der Waals surface area contributed by atoms with Gasteiger partial charge in [-0.3, -0.25) is 9.59 Å². The minimum absolute atomic E-state index is 0.0354. The average molecular weight is 395 g/mol. The summed E-state index contributed by atoms with van der Waals surface area (Å²) < 4.78 is 22.1. The van der Waals surface area contributed by atoms with Crippen LogP contribution < -0.4 is 25.0 Å². The number of carbonyl (C=O) groups is 1. The molecule has 29 heavy (non-hydrogen) atoms. The maximum Gasteiger partial charge on any atom is 0.288 e. The molecule has 7 nitrogen and oxygen atoms in total.